The minimum Gasteiger partial charge on any atom is -0.337 e. The topological polar surface area (TPSA) is 112 Å². The van der Waals surface area contributed by atoms with E-state index in [0.717, 1.165) is 13.1 Å². The fraction of sp³-hybridized carbons (Fsp3) is 0.250. The van der Waals surface area contributed by atoms with Gasteiger partial charge in [0.25, 0.3) is 0 Å². The van der Waals surface area contributed by atoms with Crippen LogP contribution in [0.3, 0.4) is 0 Å². The van der Waals surface area contributed by atoms with Gasteiger partial charge in [0.15, 0.2) is 0 Å². The van der Waals surface area contributed by atoms with E-state index in [-0.39, 0.29) is 15.8 Å². The van der Waals surface area contributed by atoms with Crippen molar-refractivity contribution >= 4 is 21.6 Å². The van der Waals surface area contributed by atoms with Crippen molar-refractivity contribution < 1.29 is 13.2 Å². The maximum atomic E-state index is 12.5. The van der Waals surface area contributed by atoms with Gasteiger partial charge in [-0.05, 0) is 36.4 Å². The van der Waals surface area contributed by atoms with Gasteiger partial charge in [-0.1, -0.05) is 0 Å². The van der Waals surface area contributed by atoms with Crippen LogP contribution in [0.1, 0.15) is 0 Å². The molecule has 25 heavy (non-hydrogen) atoms. The lowest BCUT2D eigenvalue weighted by Crippen LogP contribution is -2.34. The molecule has 9 heteroatoms. The summed E-state index contributed by atoms with van der Waals surface area (Å²) in [5.74, 6) is 0.345. The molecule has 1 aromatic carbocycles. The molecule has 2 aromatic rings. The average molecular weight is 361 g/mol. The zero-order valence-electron chi connectivity index (χ0n) is 13.4. The number of hydrazine groups is 1. The monoisotopic (exact) mass is 361 g/mol. The van der Waals surface area contributed by atoms with Crippen LogP contribution in [0.15, 0.2) is 58.6 Å². The van der Waals surface area contributed by atoms with Crippen LogP contribution in [-0.4, -0.2) is 39.1 Å². The van der Waals surface area contributed by atoms with Crippen molar-refractivity contribution in [1.82, 2.24) is 21.2 Å². The summed E-state index contributed by atoms with van der Waals surface area (Å²) >= 11 is 0. The number of urea groups is 1. The third-order valence-electron chi connectivity index (χ3n) is 3.82. The van der Waals surface area contributed by atoms with E-state index >= 15 is 0 Å². The Bertz CT molecular complexity index is 819. The Morgan fingerprint density at radius 2 is 1.84 bits per heavy atom. The van der Waals surface area contributed by atoms with Gasteiger partial charge >= 0.3 is 6.03 Å². The molecule has 2 heterocycles. The number of pyridine rings is 1. The molecule has 1 aliphatic rings. The molecule has 0 atom stereocenters. The molecule has 0 spiro atoms. The largest absolute Gasteiger partial charge is 0.337 e. The molecule has 2 amide bonds. The minimum absolute atomic E-state index is 0.132. The summed E-state index contributed by atoms with van der Waals surface area (Å²) in [7, 11) is -3.61. The molecule has 1 aromatic heterocycles. The predicted molar refractivity (Wildman–Crippen MR) is 92.6 cm³/mol. The van der Waals surface area contributed by atoms with Crippen LogP contribution >= 0.6 is 0 Å². The van der Waals surface area contributed by atoms with Gasteiger partial charge in [-0.2, -0.15) is 0 Å². The van der Waals surface area contributed by atoms with Crippen LogP contribution in [0.4, 0.5) is 10.5 Å². The fourth-order valence-electron chi connectivity index (χ4n) is 2.42. The second-order valence-corrected chi connectivity index (χ2v) is 7.63. The molecule has 0 aliphatic carbocycles. The van der Waals surface area contributed by atoms with Gasteiger partial charge in [0.05, 0.1) is 9.79 Å². The summed E-state index contributed by atoms with van der Waals surface area (Å²) in [5, 5.41) is 5.47. The van der Waals surface area contributed by atoms with Gasteiger partial charge in [-0.15, -0.1) is 0 Å². The zero-order valence-corrected chi connectivity index (χ0v) is 14.2. The van der Waals surface area contributed by atoms with E-state index in [0.29, 0.717) is 18.2 Å². The summed E-state index contributed by atoms with van der Waals surface area (Å²) in [6, 6.07) is 8.78. The van der Waals surface area contributed by atoms with E-state index in [1.807, 2.05) is 0 Å². The fourth-order valence-corrected chi connectivity index (χ4v) is 3.65. The lowest BCUT2D eigenvalue weighted by Gasteiger charge is -2.11. The number of nitrogens with one attached hydrogen (secondary N) is 4. The SMILES string of the molecule is O=C(NCC1CNNC1)Nc1ccc(S(=O)(=O)c2cccnc2)cc1. The number of anilines is 1. The highest BCUT2D eigenvalue weighted by Gasteiger charge is 2.18. The smallest absolute Gasteiger partial charge is 0.319 e. The van der Waals surface area contributed by atoms with Crippen LogP contribution in [0.2, 0.25) is 0 Å². The molecule has 0 bridgehead atoms. The normalized spacial score (nSPS) is 15.0. The number of sulfone groups is 1. The number of nitrogens with zero attached hydrogens (tertiary/aromatic N) is 1. The van der Waals surface area contributed by atoms with Crippen LogP contribution < -0.4 is 21.5 Å². The van der Waals surface area contributed by atoms with E-state index in [9.17, 15) is 13.2 Å². The van der Waals surface area contributed by atoms with E-state index in [4.69, 9.17) is 0 Å². The first-order valence-electron chi connectivity index (χ1n) is 7.81. The van der Waals surface area contributed by atoms with Gasteiger partial charge in [-0.3, -0.25) is 15.8 Å². The maximum absolute atomic E-state index is 12.5. The van der Waals surface area contributed by atoms with Crippen molar-refractivity contribution in [2.45, 2.75) is 9.79 Å². The Morgan fingerprint density at radius 1 is 1.12 bits per heavy atom. The second-order valence-electron chi connectivity index (χ2n) is 5.68. The van der Waals surface area contributed by atoms with Crippen molar-refractivity contribution in [3.8, 4) is 0 Å². The third-order valence-corrected chi connectivity index (χ3v) is 5.58. The molecular formula is C16H19N5O3S. The highest BCUT2D eigenvalue weighted by molar-refractivity contribution is 7.91. The first-order valence-corrected chi connectivity index (χ1v) is 9.30. The summed E-state index contributed by atoms with van der Waals surface area (Å²) in [4.78, 5) is 16.0. The lowest BCUT2D eigenvalue weighted by atomic mass is 10.2. The maximum Gasteiger partial charge on any atom is 0.319 e. The van der Waals surface area contributed by atoms with Gasteiger partial charge in [-0.25, -0.2) is 13.2 Å². The molecule has 1 aliphatic heterocycles. The quantitative estimate of drug-likeness (QED) is 0.626. The highest BCUT2D eigenvalue weighted by atomic mass is 32.2. The molecule has 1 saturated heterocycles. The predicted octanol–water partition coefficient (Wildman–Crippen LogP) is 0.760. The van der Waals surface area contributed by atoms with Crippen LogP contribution in [0, 0.1) is 5.92 Å². The second kappa shape index (κ2) is 7.60. The number of carbonyl (C=O) groups excluding carboxylic acids is 1. The van der Waals surface area contributed by atoms with Gasteiger partial charge in [0, 0.05) is 43.6 Å². The van der Waals surface area contributed by atoms with Crippen LogP contribution in [-0.2, 0) is 9.84 Å². The molecule has 3 rings (SSSR count). The van der Waals surface area contributed by atoms with Crippen LogP contribution in [0.5, 0.6) is 0 Å². The first kappa shape index (κ1) is 17.3. The Hall–Kier alpha value is -2.49. The Kier molecular flexibility index (Phi) is 5.27. The molecule has 4 N–H and O–H groups in total. The van der Waals surface area contributed by atoms with Crippen molar-refractivity contribution in [2.24, 2.45) is 5.92 Å². The van der Waals surface area contributed by atoms with Gasteiger partial charge in [0.1, 0.15) is 0 Å². The number of hydrogen-bond acceptors (Lipinski definition) is 6. The molecule has 0 saturated carbocycles. The van der Waals surface area contributed by atoms with Crippen molar-refractivity contribution in [3.63, 3.8) is 0 Å². The average Bonchev–Trinajstić information content (AvgIpc) is 3.15. The van der Waals surface area contributed by atoms with Crippen LogP contribution in [0.25, 0.3) is 0 Å². The molecular weight excluding hydrogens is 342 g/mol. The van der Waals surface area contributed by atoms with Crippen molar-refractivity contribution in [3.05, 3.63) is 48.8 Å². The van der Waals surface area contributed by atoms with E-state index in [1.54, 1.807) is 18.2 Å². The Morgan fingerprint density at radius 3 is 2.48 bits per heavy atom. The zero-order chi connectivity index (χ0) is 17.7. The number of carbonyl (C=O) groups is 1. The molecule has 132 valence electrons. The summed E-state index contributed by atoms with van der Waals surface area (Å²) in [6.07, 6.45) is 2.82. The van der Waals surface area contributed by atoms with Crippen molar-refractivity contribution in [2.75, 3.05) is 25.0 Å². The highest BCUT2D eigenvalue weighted by Crippen LogP contribution is 2.21. The number of rotatable bonds is 5. The lowest BCUT2D eigenvalue weighted by molar-refractivity contribution is 0.250. The van der Waals surface area contributed by atoms with Crippen molar-refractivity contribution in [1.29, 1.82) is 0 Å². The first-order chi connectivity index (χ1) is 12.1. The number of hydrogen-bond donors (Lipinski definition) is 4. The van der Waals surface area contributed by atoms with E-state index in [1.165, 1.54) is 30.6 Å². The molecule has 0 radical (unpaired) electrons. The number of amides is 2. The Labute approximate surface area is 145 Å². The van der Waals surface area contributed by atoms with E-state index in [2.05, 4.69) is 26.5 Å². The summed E-state index contributed by atoms with van der Waals surface area (Å²) < 4.78 is 24.9. The summed E-state index contributed by atoms with van der Waals surface area (Å²) in [6.45, 7) is 2.17. The Balaban J connectivity index is 1.61. The standard InChI is InChI=1S/C16H19N5O3S/c22-16(18-8-12-9-19-20-10-12)21-13-3-5-14(6-4-13)25(23,24)15-2-1-7-17-11-15/h1-7,11-12,19-20H,8-10H2,(H2,18,21,22). The summed E-state index contributed by atoms with van der Waals surface area (Å²) in [5.41, 5.74) is 6.51. The number of aromatic nitrogens is 1. The van der Waals surface area contributed by atoms with E-state index < -0.39 is 9.84 Å². The number of benzene rings is 1. The molecule has 8 nitrogen and oxygen atoms in total. The van der Waals surface area contributed by atoms with Gasteiger partial charge in [0.2, 0.25) is 9.84 Å². The van der Waals surface area contributed by atoms with Gasteiger partial charge < -0.3 is 10.6 Å². The third kappa shape index (κ3) is 4.32. The molecule has 1 fully saturated rings. The molecule has 0 unspecified atom stereocenters. The minimum atomic E-state index is -3.61.